The molecule has 2 aromatic rings. The highest BCUT2D eigenvalue weighted by atomic mass is 16.2. The number of piperazine rings is 1. The molecule has 1 aliphatic rings. The van der Waals surface area contributed by atoms with Crippen LogP contribution in [-0.2, 0) is 22.7 Å². The van der Waals surface area contributed by atoms with Crippen LogP contribution in [0.5, 0.6) is 0 Å². The molecule has 1 aromatic carbocycles. The number of aromatic nitrogens is 3. The first-order valence-corrected chi connectivity index (χ1v) is 8.05. The highest BCUT2D eigenvalue weighted by Crippen LogP contribution is 2.12. The van der Waals surface area contributed by atoms with Gasteiger partial charge in [0.05, 0.1) is 13.1 Å². The summed E-state index contributed by atoms with van der Waals surface area (Å²) in [5.41, 5.74) is 2.30. The third-order valence-electron chi connectivity index (χ3n) is 4.15. The van der Waals surface area contributed by atoms with E-state index in [0.717, 1.165) is 5.56 Å². The molecule has 0 unspecified atom stereocenters. The van der Waals surface area contributed by atoms with Crippen molar-refractivity contribution in [3.05, 3.63) is 48.0 Å². The summed E-state index contributed by atoms with van der Waals surface area (Å²) < 4.78 is 1.62. The summed E-state index contributed by atoms with van der Waals surface area (Å²) in [6.45, 7) is 4.42. The Balaban J connectivity index is 1.51. The van der Waals surface area contributed by atoms with E-state index < -0.39 is 0 Å². The number of aryl methyl sites for hydroxylation is 2. The molecule has 0 spiro atoms. The van der Waals surface area contributed by atoms with Crippen LogP contribution in [0.1, 0.15) is 17.5 Å². The lowest BCUT2D eigenvalue weighted by Gasteiger charge is -2.34. The maximum atomic E-state index is 12.3. The summed E-state index contributed by atoms with van der Waals surface area (Å²) in [6.07, 6.45) is 3.35. The zero-order chi connectivity index (χ0) is 16.9. The molecule has 3 rings (SSSR count). The van der Waals surface area contributed by atoms with Crippen molar-refractivity contribution in [3.63, 3.8) is 0 Å². The van der Waals surface area contributed by atoms with Gasteiger partial charge in [0.25, 0.3) is 0 Å². The van der Waals surface area contributed by atoms with Gasteiger partial charge in [-0.2, -0.15) is 5.10 Å². The molecule has 0 aliphatic carbocycles. The summed E-state index contributed by atoms with van der Waals surface area (Å²) >= 11 is 0. The molecular formula is C17H21N5O2. The smallest absolute Gasteiger partial charge is 0.242 e. The van der Waals surface area contributed by atoms with Crippen LogP contribution in [0, 0.1) is 6.92 Å². The van der Waals surface area contributed by atoms with E-state index >= 15 is 0 Å². The Hall–Kier alpha value is -2.70. The van der Waals surface area contributed by atoms with Gasteiger partial charge in [0, 0.05) is 26.1 Å². The lowest BCUT2D eigenvalue weighted by atomic mass is 10.1. The van der Waals surface area contributed by atoms with Gasteiger partial charge in [0.15, 0.2) is 0 Å². The first-order valence-electron chi connectivity index (χ1n) is 8.05. The van der Waals surface area contributed by atoms with E-state index in [1.165, 1.54) is 11.9 Å². The number of benzene rings is 1. The van der Waals surface area contributed by atoms with Crippen LogP contribution >= 0.6 is 0 Å². The molecule has 1 fully saturated rings. The van der Waals surface area contributed by atoms with Gasteiger partial charge >= 0.3 is 0 Å². The normalized spacial score (nSPS) is 15.0. The van der Waals surface area contributed by atoms with Gasteiger partial charge in [-0.3, -0.25) is 14.3 Å². The first kappa shape index (κ1) is 16.2. The lowest BCUT2D eigenvalue weighted by molar-refractivity contribution is -0.145. The molecule has 0 radical (unpaired) electrons. The average molecular weight is 327 g/mol. The van der Waals surface area contributed by atoms with Crippen LogP contribution in [0.2, 0.25) is 0 Å². The van der Waals surface area contributed by atoms with Crippen molar-refractivity contribution >= 4 is 11.8 Å². The molecule has 2 amide bonds. The third kappa shape index (κ3) is 3.98. The van der Waals surface area contributed by atoms with Crippen LogP contribution in [-0.4, -0.2) is 56.0 Å². The Kier molecular flexibility index (Phi) is 4.88. The minimum absolute atomic E-state index is 0.00291. The molecule has 0 bridgehead atoms. The quantitative estimate of drug-likeness (QED) is 0.816. The standard InChI is InChI=1S/C17H21N5O2/c1-14-3-2-4-15(9-14)10-20-7-8-21(11-17(20)24)16(23)5-6-22-13-18-12-19-22/h2-4,9,12-13H,5-8,10-11H2,1H3. The number of amides is 2. The van der Waals surface area contributed by atoms with Gasteiger partial charge in [0.1, 0.15) is 12.7 Å². The van der Waals surface area contributed by atoms with Gasteiger partial charge in [-0.1, -0.05) is 29.8 Å². The maximum Gasteiger partial charge on any atom is 0.242 e. The Morgan fingerprint density at radius 1 is 1.29 bits per heavy atom. The molecule has 0 atom stereocenters. The van der Waals surface area contributed by atoms with Crippen LogP contribution in [0.3, 0.4) is 0 Å². The summed E-state index contributed by atoms with van der Waals surface area (Å²) in [5.74, 6) is -0.0223. The molecular weight excluding hydrogens is 306 g/mol. The minimum Gasteiger partial charge on any atom is -0.335 e. The second-order valence-corrected chi connectivity index (χ2v) is 6.03. The summed E-state index contributed by atoms with van der Waals surface area (Å²) in [6, 6.07) is 8.15. The Morgan fingerprint density at radius 3 is 2.88 bits per heavy atom. The SMILES string of the molecule is Cc1cccc(CN2CCN(C(=O)CCn3cncn3)CC2=O)c1. The summed E-state index contributed by atoms with van der Waals surface area (Å²) in [7, 11) is 0. The van der Waals surface area contributed by atoms with E-state index in [4.69, 9.17) is 0 Å². The van der Waals surface area contributed by atoms with Crippen LogP contribution < -0.4 is 0 Å². The molecule has 1 saturated heterocycles. The minimum atomic E-state index is -0.0194. The molecule has 24 heavy (non-hydrogen) atoms. The third-order valence-corrected chi connectivity index (χ3v) is 4.15. The van der Waals surface area contributed by atoms with Gasteiger partial charge in [0.2, 0.25) is 11.8 Å². The van der Waals surface area contributed by atoms with E-state index in [1.54, 1.807) is 15.9 Å². The zero-order valence-corrected chi connectivity index (χ0v) is 13.8. The number of rotatable bonds is 5. The largest absolute Gasteiger partial charge is 0.335 e. The zero-order valence-electron chi connectivity index (χ0n) is 13.8. The monoisotopic (exact) mass is 327 g/mol. The number of hydrogen-bond acceptors (Lipinski definition) is 4. The topological polar surface area (TPSA) is 71.3 Å². The molecule has 1 aromatic heterocycles. The Labute approximate surface area is 140 Å². The number of carbonyl (C=O) groups excluding carboxylic acids is 2. The fraction of sp³-hybridized carbons (Fsp3) is 0.412. The van der Waals surface area contributed by atoms with E-state index in [0.29, 0.717) is 32.6 Å². The van der Waals surface area contributed by atoms with Crippen LogP contribution in [0.25, 0.3) is 0 Å². The van der Waals surface area contributed by atoms with Crippen molar-refractivity contribution in [2.75, 3.05) is 19.6 Å². The van der Waals surface area contributed by atoms with Gasteiger partial charge < -0.3 is 9.80 Å². The Bertz CT molecular complexity index is 714. The summed E-state index contributed by atoms with van der Waals surface area (Å²) in [5, 5.41) is 3.97. The van der Waals surface area contributed by atoms with E-state index in [1.807, 2.05) is 30.0 Å². The fourth-order valence-electron chi connectivity index (χ4n) is 2.84. The molecule has 7 nitrogen and oxygen atoms in total. The van der Waals surface area contributed by atoms with Crippen molar-refractivity contribution < 1.29 is 9.59 Å². The van der Waals surface area contributed by atoms with Crippen molar-refractivity contribution in [1.29, 1.82) is 0 Å². The van der Waals surface area contributed by atoms with Gasteiger partial charge in [-0.25, -0.2) is 4.98 Å². The second-order valence-electron chi connectivity index (χ2n) is 6.03. The highest BCUT2D eigenvalue weighted by Gasteiger charge is 2.26. The molecule has 1 aliphatic heterocycles. The average Bonchev–Trinajstić information content (AvgIpc) is 3.08. The van der Waals surface area contributed by atoms with Gasteiger partial charge in [-0.15, -0.1) is 0 Å². The van der Waals surface area contributed by atoms with Gasteiger partial charge in [-0.05, 0) is 12.5 Å². The van der Waals surface area contributed by atoms with Crippen LogP contribution in [0.4, 0.5) is 0 Å². The van der Waals surface area contributed by atoms with Crippen molar-refractivity contribution in [3.8, 4) is 0 Å². The molecule has 0 saturated carbocycles. The van der Waals surface area contributed by atoms with Crippen molar-refractivity contribution in [2.24, 2.45) is 0 Å². The number of carbonyl (C=O) groups is 2. The molecule has 0 N–H and O–H groups in total. The number of nitrogens with zero attached hydrogens (tertiary/aromatic N) is 5. The fourth-order valence-corrected chi connectivity index (χ4v) is 2.84. The second kappa shape index (κ2) is 7.25. The number of hydrogen-bond donors (Lipinski definition) is 0. The highest BCUT2D eigenvalue weighted by molar-refractivity contribution is 5.86. The van der Waals surface area contributed by atoms with Crippen molar-refractivity contribution in [2.45, 2.75) is 26.4 Å². The predicted octanol–water partition coefficient (Wildman–Crippen LogP) is 0.848. The predicted molar refractivity (Wildman–Crippen MR) is 87.8 cm³/mol. The first-order chi connectivity index (χ1) is 11.6. The van der Waals surface area contributed by atoms with E-state index in [2.05, 4.69) is 16.1 Å². The van der Waals surface area contributed by atoms with E-state index in [-0.39, 0.29) is 18.4 Å². The van der Waals surface area contributed by atoms with Crippen LogP contribution in [0.15, 0.2) is 36.9 Å². The maximum absolute atomic E-state index is 12.3. The van der Waals surface area contributed by atoms with E-state index in [9.17, 15) is 9.59 Å². The Morgan fingerprint density at radius 2 is 2.17 bits per heavy atom. The molecule has 126 valence electrons. The lowest BCUT2D eigenvalue weighted by Crippen LogP contribution is -2.51. The summed E-state index contributed by atoms with van der Waals surface area (Å²) in [4.78, 5) is 31.9. The molecule has 2 heterocycles. The molecule has 7 heteroatoms. The van der Waals surface area contributed by atoms with Crippen molar-refractivity contribution in [1.82, 2.24) is 24.6 Å².